The molecule has 7 heteroatoms. The second-order valence-corrected chi connectivity index (χ2v) is 6.72. The smallest absolute Gasteiger partial charge is 0.133 e. The third-order valence-corrected chi connectivity index (χ3v) is 5.23. The van der Waals surface area contributed by atoms with Gasteiger partial charge < -0.3 is 4.98 Å². The fraction of sp³-hybridized carbons (Fsp3) is 0.118. The van der Waals surface area contributed by atoms with Crippen molar-refractivity contribution in [1.82, 2.24) is 4.98 Å². The molecule has 0 aliphatic carbocycles. The minimum atomic E-state index is -0.436. The number of rotatable bonds is 3. The Bertz CT molecular complexity index is 911. The summed E-state index contributed by atoms with van der Waals surface area (Å²) in [6.07, 6.45) is 3.81. The standard InChI is InChI=1S/C17H13BrF2N2S.HI/c1-23-17(21)12-7-9(2-3-13(12)19)6-11-14(20)8-15-10(16(11)18)4-5-22-15;/h2-5,7-8,21-22H,6H2,1H3;1H. The summed E-state index contributed by atoms with van der Waals surface area (Å²) in [5.74, 6) is -0.758. The fourth-order valence-electron chi connectivity index (χ4n) is 2.51. The maximum atomic E-state index is 14.4. The number of fused-ring (bicyclic) bond motifs is 1. The van der Waals surface area contributed by atoms with Gasteiger partial charge in [-0.1, -0.05) is 6.07 Å². The van der Waals surface area contributed by atoms with E-state index in [0.717, 1.165) is 16.5 Å². The third kappa shape index (κ3) is 3.67. The van der Waals surface area contributed by atoms with Crippen molar-refractivity contribution >= 4 is 67.6 Å². The lowest BCUT2D eigenvalue weighted by molar-refractivity contribution is 0.613. The van der Waals surface area contributed by atoms with Gasteiger partial charge in [0.05, 0.1) is 5.04 Å². The highest BCUT2D eigenvalue weighted by Crippen LogP contribution is 2.31. The highest BCUT2D eigenvalue weighted by Gasteiger charge is 2.15. The summed E-state index contributed by atoms with van der Waals surface area (Å²) in [6.45, 7) is 0. The summed E-state index contributed by atoms with van der Waals surface area (Å²) in [5.41, 5.74) is 2.25. The number of hydrogen-bond donors (Lipinski definition) is 2. The number of H-pyrrole nitrogens is 1. The van der Waals surface area contributed by atoms with Crippen LogP contribution in [0.5, 0.6) is 0 Å². The normalized spacial score (nSPS) is 10.7. The Kier molecular flexibility index (Phi) is 6.44. The van der Waals surface area contributed by atoms with Crippen LogP contribution in [0.25, 0.3) is 10.9 Å². The Morgan fingerprint density at radius 2 is 1.96 bits per heavy atom. The molecule has 3 aromatic rings. The first-order valence-electron chi connectivity index (χ1n) is 6.86. The molecule has 0 saturated carbocycles. The molecule has 0 aliphatic heterocycles. The monoisotopic (exact) mass is 522 g/mol. The highest BCUT2D eigenvalue weighted by molar-refractivity contribution is 14.0. The summed E-state index contributed by atoms with van der Waals surface area (Å²) in [5, 5.41) is 8.86. The van der Waals surface area contributed by atoms with Gasteiger partial charge in [-0.2, -0.15) is 0 Å². The molecule has 0 fully saturated rings. The summed E-state index contributed by atoms with van der Waals surface area (Å²) in [4.78, 5) is 2.98. The molecule has 0 atom stereocenters. The van der Waals surface area contributed by atoms with Crippen molar-refractivity contribution in [1.29, 1.82) is 5.41 Å². The number of halogens is 4. The molecule has 0 amide bonds. The lowest BCUT2D eigenvalue weighted by Crippen LogP contribution is -2.01. The van der Waals surface area contributed by atoms with Crippen molar-refractivity contribution in [3.8, 4) is 0 Å². The van der Waals surface area contributed by atoms with E-state index in [1.807, 2.05) is 6.07 Å². The van der Waals surface area contributed by atoms with Gasteiger partial charge in [0, 0.05) is 39.1 Å². The van der Waals surface area contributed by atoms with Crippen LogP contribution < -0.4 is 0 Å². The van der Waals surface area contributed by atoms with Crippen molar-refractivity contribution in [3.05, 3.63) is 69.3 Å². The average molecular weight is 523 g/mol. The first kappa shape index (κ1) is 19.4. The van der Waals surface area contributed by atoms with Crippen molar-refractivity contribution in [2.24, 2.45) is 0 Å². The van der Waals surface area contributed by atoms with E-state index in [1.165, 1.54) is 23.9 Å². The molecule has 1 heterocycles. The van der Waals surface area contributed by atoms with Gasteiger partial charge in [-0.15, -0.1) is 35.7 Å². The SMILES string of the molecule is CSC(=N)c1cc(Cc2c(F)cc3[nH]ccc3c2Br)ccc1F.I. The van der Waals surface area contributed by atoms with Gasteiger partial charge in [-0.05, 0) is 52.0 Å². The van der Waals surface area contributed by atoms with Gasteiger partial charge in [-0.3, -0.25) is 5.41 Å². The van der Waals surface area contributed by atoms with Crippen LogP contribution in [0.2, 0.25) is 0 Å². The summed E-state index contributed by atoms with van der Waals surface area (Å²) < 4.78 is 28.9. The zero-order chi connectivity index (χ0) is 16.6. The van der Waals surface area contributed by atoms with Crippen LogP contribution in [-0.4, -0.2) is 16.3 Å². The summed E-state index contributed by atoms with van der Waals surface area (Å²) in [6, 6.07) is 7.91. The van der Waals surface area contributed by atoms with E-state index in [2.05, 4.69) is 20.9 Å². The van der Waals surface area contributed by atoms with Crippen molar-refractivity contribution < 1.29 is 8.78 Å². The van der Waals surface area contributed by atoms with Crippen molar-refractivity contribution in [2.45, 2.75) is 6.42 Å². The van der Waals surface area contributed by atoms with Crippen LogP contribution in [0.4, 0.5) is 8.78 Å². The van der Waals surface area contributed by atoms with Crippen LogP contribution in [0.3, 0.4) is 0 Å². The second kappa shape index (κ2) is 7.97. The minimum Gasteiger partial charge on any atom is -0.361 e. The fourth-order valence-corrected chi connectivity index (χ4v) is 3.56. The molecule has 126 valence electrons. The van der Waals surface area contributed by atoms with Crippen LogP contribution in [0, 0.1) is 17.0 Å². The molecule has 3 rings (SSSR count). The average Bonchev–Trinajstić information content (AvgIpc) is 3.00. The number of aromatic amines is 1. The summed E-state index contributed by atoms with van der Waals surface area (Å²) >= 11 is 4.64. The first-order valence-corrected chi connectivity index (χ1v) is 8.88. The van der Waals surface area contributed by atoms with Gasteiger partial charge in [-0.25, -0.2) is 8.78 Å². The van der Waals surface area contributed by atoms with Crippen molar-refractivity contribution in [2.75, 3.05) is 6.26 Å². The minimum absolute atomic E-state index is 0. The molecular weight excluding hydrogens is 509 g/mol. The molecule has 2 N–H and O–H groups in total. The second-order valence-electron chi connectivity index (χ2n) is 5.11. The maximum Gasteiger partial charge on any atom is 0.133 e. The van der Waals surface area contributed by atoms with E-state index in [0.29, 0.717) is 16.5 Å². The Labute approximate surface area is 168 Å². The van der Waals surface area contributed by atoms with E-state index >= 15 is 0 Å². The largest absolute Gasteiger partial charge is 0.361 e. The lowest BCUT2D eigenvalue weighted by Gasteiger charge is -2.10. The number of nitrogens with one attached hydrogen (secondary N) is 2. The topological polar surface area (TPSA) is 39.6 Å². The van der Waals surface area contributed by atoms with Gasteiger partial charge in [0.1, 0.15) is 11.6 Å². The van der Waals surface area contributed by atoms with E-state index in [4.69, 9.17) is 5.41 Å². The van der Waals surface area contributed by atoms with Crippen LogP contribution in [-0.2, 0) is 6.42 Å². The first-order chi connectivity index (χ1) is 11.0. The van der Waals surface area contributed by atoms with Gasteiger partial charge >= 0.3 is 0 Å². The molecular formula is C17H14BrF2IN2S. The number of benzene rings is 2. The highest BCUT2D eigenvalue weighted by atomic mass is 127. The molecule has 2 nitrogen and oxygen atoms in total. The molecule has 0 spiro atoms. The van der Waals surface area contributed by atoms with Crippen LogP contribution in [0.1, 0.15) is 16.7 Å². The van der Waals surface area contributed by atoms with E-state index < -0.39 is 5.82 Å². The number of thioether (sulfide) groups is 1. The molecule has 0 radical (unpaired) electrons. The molecule has 2 aromatic carbocycles. The van der Waals surface area contributed by atoms with Gasteiger partial charge in [0.2, 0.25) is 0 Å². The van der Waals surface area contributed by atoms with Crippen molar-refractivity contribution in [3.63, 3.8) is 0 Å². The van der Waals surface area contributed by atoms with E-state index in [-0.39, 0.29) is 40.4 Å². The van der Waals surface area contributed by atoms with E-state index in [1.54, 1.807) is 24.6 Å². The molecule has 24 heavy (non-hydrogen) atoms. The number of aromatic nitrogens is 1. The quantitative estimate of drug-likeness (QED) is 0.243. The zero-order valence-corrected chi connectivity index (χ0v) is 17.4. The molecule has 0 aliphatic rings. The van der Waals surface area contributed by atoms with Crippen LogP contribution >= 0.6 is 51.7 Å². The molecule has 1 aromatic heterocycles. The molecule has 0 saturated heterocycles. The Hall–Kier alpha value is -0.930. The van der Waals surface area contributed by atoms with Crippen LogP contribution in [0.15, 0.2) is 41.0 Å². The van der Waals surface area contributed by atoms with Gasteiger partial charge in [0.15, 0.2) is 0 Å². The molecule has 0 bridgehead atoms. The zero-order valence-electron chi connectivity index (χ0n) is 12.6. The summed E-state index contributed by atoms with van der Waals surface area (Å²) in [7, 11) is 0. The Morgan fingerprint density at radius 1 is 1.21 bits per heavy atom. The van der Waals surface area contributed by atoms with Gasteiger partial charge in [0.25, 0.3) is 0 Å². The Balaban J connectivity index is 0.00000208. The molecule has 0 unspecified atom stereocenters. The lowest BCUT2D eigenvalue weighted by atomic mass is 10.0. The van der Waals surface area contributed by atoms with E-state index in [9.17, 15) is 8.78 Å². The Morgan fingerprint density at radius 3 is 2.67 bits per heavy atom. The third-order valence-electron chi connectivity index (χ3n) is 3.70. The maximum absolute atomic E-state index is 14.4. The number of hydrogen-bond acceptors (Lipinski definition) is 2. The predicted octanol–water partition coefficient (Wildman–Crippen LogP) is 6.11. The predicted molar refractivity (Wildman–Crippen MR) is 111 cm³/mol.